The minimum absolute atomic E-state index is 0.0899. The summed E-state index contributed by atoms with van der Waals surface area (Å²) in [6.07, 6.45) is 45.5. The molecule has 62 heavy (non-hydrogen) atoms. The topological polar surface area (TPSA) is 216 Å². The summed E-state index contributed by atoms with van der Waals surface area (Å²) in [5, 5.41) is 20.0. The van der Waals surface area contributed by atoms with Crippen LogP contribution in [0.15, 0.2) is 109 Å². The minimum atomic E-state index is -4.89. The van der Waals surface area contributed by atoms with Gasteiger partial charge in [-0.1, -0.05) is 136 Å². The summed E-state index contributed by atoms with van der Waals surface area (Å²) >= 11 is 0. The number of rotatable bonds is 39. The van der Waals surface area contributed by atoms with Gasteiger partial charge >= 0.3 is 27.6 Å². The van der Waals surface area contributed by atoms with Crippen LogP contribution in [0.2, 0.25) is 0 Å². The van der Waals surface area contributed by atoms with Gasteiger partial charge in [-0.15, -0.1) is 0 Å². The van der Waals surface area contributed by atoms with Gasteiger partial charge in [0.05, 0.1) is 25.9 Å². The quantitative estimate of drug-likeness (QED) is 0.0128. The molecule has 0 aromatic rings. The second-order valence-electron chi connectivity index (χ2n) is 14.1. The summed E-state index contributed by atoms with van der Waals surface area (Å²) in [6, 6.07) is 0. The molecule has 0 aliphatic heterocycles. The third-order valence-electron chi connectivity index (χ3n) is 8.23. The van der Waals surface area contributed by atoms with E-state index in [4.69, 9.17) is 23.8 Å². The van der Waals surface area contributed by atoms with Crippen LogP contribution in [-0.4, -0.2) is 81.6 Å². The lowest BCUT2D eigenvalue weighted by Crippen LogP contribution is -2.29. The first kappa shape index (κ1) is 58.7. The molecule has 0 heterocycles. The van der Waals surface area contributed by atoms with Gasteiger partial charge in [-0.3, -0.25) is 23.2 Å². The van der Waals surface area contributed by atoms with Gasteiger partial charge in [0.1, 0.15) is 12.7 Å². The zero-order valence-electron chi connectivity index (χ0n) is 36.8. The van der Waals surface area contributed by atoms with Crippen molar-refractivity contribution in [2.45, 2.75) is 141 Å². The molecule has 0 saturated carbocycles. The van der Waals surface area contributed by atoms with E-state index in [-0.39, 0.29) is 19.3 Å². The van der Waals surface area contributed by atoms with Gasteiger partial charge in [0.15, 0.2) is 6.10 Å². The molecule has 14 nitrogen and oxygen atoms in total. The predicted molar refractivity (Wildman–Crippen MR) is 245 cm³/mol. The van der Waals surface area contributed by atoms with Crippen LogP contribution in [0.4, 0.5) is 0 Å². The molecule has 0 aromatic heterocycles. The number of esters is 2. The number of aliphatic hydroxyl groups excluding tert-OH is 2. The van der Waals surface area contributed by atoms with E-state index in [9.17, 15) is 33.8 Å². The normalized spacial score (nSPS) is 15.5. The summed E-state index contributed by atoms with van der Waals surface area (Å²) < 4.78 is 47.6. The first-order valence-electron chi connectivity index (χ1n) is 21.7. The van der Waals surface area contributed by atoms with E-state index < -0.39 is 72.3 Å². The first-order chi connectivity index (χ1) is 29.8. The van der Waals surface area contributed by atoms with E-state index in [1.165, 1.54) is 19.3 Å². The molecule has 0 fully saturated rings. The van der Waals surface area contributed by atoms with E-state index in [0.717, 1.165) is 57.8 Å². The largest absolute Gasteiger partial charge is 0.472 e. The van der Waals surface area contributed by atoms with Crippen molar-refractivity contribution in [3.05, 3.63) is 109 Å². The van der Waals surface area contributed by atoms with Crippen molar-refractivity contribution in [2.75, 3.05) is 26.4 Å². The van der Waals surface area contributed by atoms with Crippen molar-refractivity contribution in [1.29, 1.82) is 0 Å². The third kappa shape index (κ3) is 43.4. The van der Waals surface area contributed by atoms with Crippen LogP contribution in [-0.2, 0) is 41.8 Å². The van der Waals surface area contributed by atoms with Crippen molar-refractivity contribution >= 4 is 27.6 Å². The van der Waals surface area contributed by atoms with Crippen molar-refractivity contribution < 1.29 is 66.7 Å². The van der Waals surface area contributed by atoms with Crippen LogP contribution in [0.5, 0.6) is 0 Å². The van der Waals surface area contributed by atoms with Gasteiger partial charge in [-0.25, -0.2) is 9.13 Å². The molecule has 16 heteroatoms. The van der Waals surface area contributed by atoms with Crippen LogP contribution in [0, 0.1) is 0 Å². The van der Waals surface area contributed by atoms with Crippen molar-refractivity contribution in [3.63, 3.8) is 0 Å². The number of allylic oxidation sites excluding steroid dienone is 16. The third-order valence-corrected chi connectivity index (χ3v) is 9.67. The lowest BCUT2D eigenvalue weighted by molar-refractivity contribution is -0.161. The molecule has 0 aliphatic rings. The molecule has 0 spiro atoms. The molecular formula is C46H74O14P2. The van der Waals surface area contributed by atoms with Crippen molar-refractivity contribution in [3.8, 4) is 0 Å². The fourth-order valence-electron chi connectivity index (χ4n) is 4.93. The van der Waals surface area contributed by atoms with Gasteiger partial charge in [-0.2, -0.15) is 0 Å². The van der Waals surface area contributed by atoms with Gasteiger partial charge in [-0.05, 0) is 83.5 Å². The van der Waals surface area contributed by atoms with Crippen LogP contribution in [0.25, 0.3) is 0 Å². The molecule has 0 rings (SSSR count). The second kappa shape index (κ2) is 40.5. The number of aliphatic hydroxyl groups is 2. The number of hydrogen-bond donors (Lipinski definition) is 5. The molecule has 0 amide bonds. The molecule has 0 aliphatic carbocycles. The summed E-state index contributed by atoms with van der Waals surface area (Å²) in [5.41, 5.74) is 0. The number of phosphoric ester groups is 2. The highest BCUT2D eigenvalue weighted by molar-refractivity contribution is 7.47. The highest BCUT2D eigenvalue weighted by atomic mass is 31.2. The Balaban J connectivity index is 4.83. The summed E-state index contributed by atoms with van der Waals surface area (Å²) in [7, 11) is -9.76. The van der Waals surface area contributed by atoms with E-state index in [2.05, 4.69) is 95.8 Å². The molecule has 0 aromatic carbocycles. The number of hydrogen-bond acceptors (Lipinski definition) is 11. The number of carbonyl (C=O) groups is 2. The molecule has 0 radical (unpaired) electrons. The first-order valence-corrected chi connectivity index (χ1v) is 24.7. The minimum Gasteiger partial charge on any atom is -0.462 e. The Morgan fingerprint density at radius 2 is 1.08 bits per heavy atom. The van der Waals surface area contributed by atoms with Gasteiger partial charge in [0.2, 0.25) is 0 Å². The maximum atomic E-state index is 12.6. The number of phosphoric acid groups is 2. The average Bonchev–Trinajstić information content (AvgIpc) is 3.23. The number of carbonyl (C=O) groups excluding carboxylic acids is 2. The van der Waals surface area contributed by atoms with Crippen LogP contribution in [0.1, 0.15) is 123 Å². The Kier molecular flexibility index (Phi) is 38.4. The predicted octanol–water partition coefficient (Wildman–Crippen LogP) is 10.1. The smallest absolute Gasteiger partial charge is 0.462 e. The second-order valence-corrected chi connectivity index (χ2v) is 16.8. The number of unbranched alkanes of at least 4 members (excludes halogenated alkanes) is 5. The number of ether oxygens (including phenoxy) is 2. The molecule has 4 atom stereocenters. The van der Waals surface area contributed by atoms with Gasteiger partial charge < -0.3 is 34.4 Å². The molecule has 0 bridgehead atoms. The zero-order chi connectivity index (χ0) is 46.0. The zero-order valence-corrected chi connectivity index (χ0v) is 38.6. The molecule has 2 unspecified atom stereocenters. The lowest BCUT2D eigenvalue weighted by Gasteiger charge is -2.20. The Hall–Kier alpha value is -3.26. The Labute approximate surface area is 370 Å². The Morgan fingerprint density at radius 1 is 0.548 bits per heavy atom. The van der Waals surface area contributed by atoms with E-state index in [1.54, 1.807) is 24.3 Å². The molecular weight excluding hydrogens is 838 g/mol. The lowest BCUT2D eigenvalue weighted by atomic mass is 10.1. The van der Waals surface area contributed by atoms with E-state index in [0.29, 0.717) is 12.8 Å². The maximum Gasteiger partial charge on any atom is 0.472 e. The fraction of sp³-hybridized carbons (Fsp3) is 0.565. The van der Waals surface area contributed by atoms with Crippen molar-refractivity contribution in [2.24, 2.45) is 0 Å². The molecule has 0 saturated heterocycles. The van der Waals surface area contributed by atoms with Crippen LogP contribution < -0.4 is 0 Å². The molecule has 352 valence electrons. The Morgan fingerprint density at radius 3 is 1.68 bits per heavy atom. The highest BCUT2D eigenvalue weighted by Crippen LogP contribution is 2.43. The highest BCUT2D eigenvalue weighted by Gasteiger charge is 2.28. The van der Waals surface area contributed by atoms with Gasteiger partial charge in [0, 0.05) is 12.8 Å². The van der Waals surface area contributed by atoms with E-state index >= 15 is 0 Å². The summed E-state index contributed by atoms with van der Waals surface area (Å²) in [6.45, 7) is 1.34. The van der Waals surface area contributed by atoms with Crippen LogP contribution in [0.3, 0.4) is 0 Å². The standard InChI is InChI=1S/C46H74O14P2/c1-3-5-7-9-11-13-15-17-18-20-22-24-26-28-32-36-45(49)56-40-44(41-59-62(54,55)58-39-43(48)38-57-61(51,52)53)60-46(50)37-33-29-31-35-42(47)34-30-27-25-23-21-19-16-14-12-10-8-6-4-2/h6,8,11-14,17-19,21-22,24-25,27,29-31,34,42-44,47-48H,3-5,7,9-10,15-16,20,23,26,28,32-33,35-41H2,1-2H3,(H,54,55)(H2,51,52,53)/b8-6-,13-11-,14-12-,18-17-,21-19-,24-22-,27-25-,31-29-,34-30-/t42?,43-,44+/m0/s1. The van der Waals surface area contributed by atoms with Crippen LogP contribution >= 0.6 is 15.6 Å². The van der Waals surface area contributed by atoms with E-state index in [1.807, 2.05) is 12.2 Å². The molecule has 5 N–H and O–H groups in total. The summed E-state index contributed by atoms with van der Waals surface area (Å²) in [5.74, 6) is -1.27. The SMILES string of the molecule is CC/C=C\C/C=C\C/C=C\C/C=C\C=C/C(O)C/C=C\CCC(=O)O[C@H](COC(=O)CCCC/C=C\C/C=C\C/C=C\CCCCC)COP(=O)(O)OC[C@@H](O)COP(=O)(O)O. The van der Waals surface area contributed by atoms with Crippen molar-refractivity contribution in [1.82, 2.24) is 0 Å². The summed E-state index contributed by atoms with van der Waals surface area (Å²) in [4.78, 5) is 52.7. The average molecular weight is 913 g/mol. The monoisotopic (exact) mass is 912 g/mol. The van der Waals surface area contributed by atoms with Gasteiger partial charge in [0.25, 0.3) is 0 Å². The fourth-order valence-corrected chi connectivity index (χ4v) is 6.09. The maximum absolute atomic E-state index is 12.6. The Bertz CT molecular complexity index is 1520.